The Morgan fingerprint density at radius 2 is 1.93 bits per heavy atom. The Morgan fingerprint density at radius 1 is 1.19 bits per heavy atom. The highest BCUT2D eigenvalue weighted by Gasteiger charge is 2.18. The first kappa shape index (κ1) is 18.8. The number of nitrogens with one attached hydrogen (secondary N) is 1. The Bertz CT molecular complexity index is 1090. The van der Waals surface area contributed by atoms with Crippen LogP contribution in [0.25, 0.3) is 11.0 Å². The largest absolute Gasteiger partial charge is 0.324 e. The van der Waals surface area contributed by atoms with Crippen molar-refractivity contribution in [2.24, 2.45) is 0 Å². The summed E-state index contributed by atoms with van der Waals surface area (Å²) in [5.41, 5.74) is 1.15. The van der Waals surface area contributed by atoms with Gasteiger partial charge in [0.2, 0.25) is 17.6 Å². The molecule has 27 heavy (non-hydrogen) atoms. The fourth-order valence-corrected chi connectivity index (χ4v) is 3.01. The molecule has 7 nitrogen and oxygen atoms in total. The maximum atomic E-state index is 12.9. The molecule has 1 N–H and O–H groups in total. The number of halogens is 1. The highest BCUT2D eigenvalue weighted by molar-refractivity contribution is 9.10. The van der Waals surface area contributed by atoms with Gasteiger partial charge in [0.1, 0.15) is 6.54 Å². The van der Waals surface area contributed by atoms with Crippen LogP contribution >= 0.6 is 15.9 Å². The van der Waals surface area contributed by atoms with E-state index in [-0.39, 0.29) is 24.2 Å². The first-order valence-electron chi connectivity index (χ1n) is 8.16. The number of carbonyl (C=O) groups excluding carboxylic acids is 2. The summed E-state index contributed by atoms with van der Waals surface area (Å²) >= 11 is 3.35. The molecule has 0 atom stereocenters. The van der Waals surface area contributed by atoms with Crippen LogP contribution in [0.3, 0.4) is 0 Å². The smallest absolute Gasteiger partial charge is 0.294 e. The third-order valence-corrected chi connectivity index (χ3v) is 4.53. The van der Waals surface area contributed by atoms with E-state index < -0.39 is 5.56 Å². The highest BCUT2D eigenvalue weighted by Crippen LogP contribution is 2.17. The Kier molecular flexibility index (Phi) is 5.36. The number of anilines is 2. The van der Waals surface area contributed by atoms with E-state index in [1.165, 1.54) is 23.4 Å². The molecule has 0 aliphatic rings. The van der Waals surface area contributed by atoms with Crippen molar-refractivity contribution in [3.8, 4) is 0 Å². The van der Waals surface area contributed by atoms with Crippen LogP contribution in [0.2, 0.25) is 0 Å². The maximum Gasteiger partial charge on any atom is 0.294 e. The van der Waals surface area contributed by atoms with Crippen LogP contribution in [0.15, 0.2) is 57.8 Å². The average Bonchev–Trinajstić information content (AvgIpc) is 2.63. The molecule has 138 valence electrons. The van der Waals surface area contributed by atoms with Crippen molar-refractivity contribution in [3.63, 3.8) is 0 Å². The van der Waals surface area contributed by atoms with Gasteiger partial charge in [0, 0.05) is 24.1 Å². The summed E-state index contributed by atoms with van der Waals surface area (Å²) in [4.78, 5) is 42.6. The number of carbonyl (C=O) groups is 2. The van der Waals surface area contributed by atoms with Crippen LogP contribution in [-0.2, 0) is 16.1 Å². The Balaban J connectivity index is 2.02. The van der Waals surface area contributed by atoms with E-state index in [1.807, 2.05) is 6.07 Å². The molecule has 0 radical (unpaired) electrons. The number of amides is 2. The van der Waals surface area contributed by atoms with E-state index in [2.05, 4.69) is 26.2 Å². The number of hydrogen-bond donors (Lipinski definition) is 1. The molecule has 2 amide bonds. The lowest BCUT2D eigenvalue weighted by molar-refractivity contribution is -0.117. The molecule has 0 aliphatic carbocycles. The average molecular weight is 429 g/mol. The second kappa shape index (κ2) is 7.71. The van der Waals surface area contributed by atoms with Crippen LogP contribution in [0.5, 0.6) is 0 Å². The molecule has 0 bridgehead atoms. The van der Waals surface area contributed by atoms with Crippen LogP contribution in [0, 0.1) is 0 Å². The fourth-order valence-electron chi connectivity index (χ4n) is 2.61. The van der Waals surface area contributed by atoms with Crippen molar-refractivity contribution in [2.45, 2.75) is 13.5 Å². The van der Waals surface area contributed by atoms with Gasteiger partial charge in [-0.15, -0.1) is 0 Å². The molecule has 8 heteroatoms. The summed E-state index contributed by atoms with van der Waals surface area (Å²) in [5, 5.41) is 2.76. The third-order valence-electron chi connectivity index (χ3n) is 4.04. The van der Waals surface area contributed by atoms with E-state index in [0.717, 1.165) is 4.47 Å². The molecule has 0 spiro atoms. The van der Waals surface area contributed by atoms with Crippen molar-refractivity contribution >= 4 is 50.3 Å². The number of benzene rings is 2. The Hall–Kier alpha value is -3.00. The lowest BCUT2D eigenvalue weighted by atomic mass is 10.3. The van der Waals surface area contributed by atoms with Gasteiger partial charge in [0.15, 0.2) is 0 Å². The summed E-state index contributed by atoms with van der Waals surface area (Å²) in [6, 6.07) is 14.2. The van der Waals surface area contributed by atoms with Gasteiger partial charge in [-0.3, -0.25) is 23.9 Å². The number of aromatic nitrogens is 2. The molecule has 0 fully saturated rings. The van der Waals surface area contributed by atoms with Gasteiger partial charge in [0.25, 0.3) is 5.56 Å². The second-order valence-corrected chi connectivity index (χ2v) is 6.87. The van der Waals surface area contributed by atoms with Crippen molar-refractivity contribution in [1.82, 2.24) is 9.55 Å². The predicted octanol–water partition coefficient (Wildman–Crippen LogP) is 2.78. The highest BCUT2D eigenvalue weighted by atomic mass is 79.9. The summed E-state index contributed by atoms with van der Waals surface area (Å²) < 4.78 is 2.15. The molecule has 1 heterocycles. The van der Waals surface area contributed by atoms with Crippen LogP contribution in [0.1, 0.15) is 6.92 Å². The number of hydrogen-bond acceptors (Lipinski definition) is 4. The lowest BCUT2D eigenvalue weighted by Gasteiger charge is -2.17. The van der Waals surface area contributed by atoms with Crippen molar-refractivity contribution in [2.75, 3.05) is 17.3 Å². The molecule has 0 saturated carbocycles. The summed E-state index contributed by atoms with van der Waals surface area (Å²) in [5.74, 6) is -0.695. The number of fused-ring (bicyclic) bond motifs is 1. The first-order valence-corrected chi connectivity index (χ1v) is 8.95. The second-order valence-electron chi connectivity index (χ2n) is 5.95. The number of rotatable bonds is 4. The fraction of sp³-hybridized carbons (Fsp3) is 0.158. The molecule has 0 unspecified atom stereocenters. The molecule has 3 aromatic rings. The molecule has 3 rings (SSSR count). The van der Waals surface area contributed by atoms with E-state index in [1.54, 1.807) is 42.5 Å². The first-order chi connectivity index (χ1) is 12.9. The molecular formula is C19H17BrN4O3. The van der Waals surface area contributed by atoms with E-state index in [4.69, 9.17) is 0 Å². The third kappa shape index (κ3) is 4.06. The zero-order valence-electron chi connectivity index (χ0n) is 14.8. The van der Waals surface area contributed by atoms with Crippen molar-refractivity contribution < 1.29 is 9.59 Å². The zero-order chi connectivity index (χ0) is 19.6. The molecule has 0 saturated heterocycles. The molecule has 2 aromatic carbocycles. The predicted molar refractivity (Wildman–Crippen MR) is 108 cm³/mol. The number of para-hydroxylation sites is 2. The minimum atomic E-state index is -0.504. The van der Waals surface area contributed by atoms with Crippen molar-refractivity contribution in [1.29, 1.82) is 0 Å². The zero-order valence-corrected chi connectivity index (χ0v) is 16.4. The van der Waals surface area contributed by atoms with Gasteiger partial charge in [-0.25, -0.2) is 4.98 Å². The summed E-state index contributed by atoms with van der Waals surface area (Å²) in [7, 11) is 1.48. The standard InChI is InChI=1S/C19H17BrN4O3/c1-12(25)23(2)18-19(27)24(16-9-4-3-8-15(16)22-18)11-17(26)21-14-7-5-6-13(20)10-14/h3-10H,11H2,1-2H3,(H,21,26). The normalized spacial score (nSPS) is 10.6. The van der Waals surface area contributed by atoms with E-state index in [0.29, 0.717) is 16.7 Å². The Morgan fingerprint density at radius 3 is 2.63 bits per heavy atom. The van der Waals surface area contributed by atoms with Gasteiger partial charge in [0.05, 0.1) is 11.0 Å². The van der Waals surface area contributed by atoms with Gasteiger partial charge in [-0.1, -0.05) is 34.1 Å². The quantitative estimate of drug-likeness (QED) is 0.692. The minimum Gasteiger partial charge on any atom is -0.324 e. The molecule has 0 aliphatic heterocycles. The van der Waals surface area contributed by atoms with Gasteiger partial charge < -0.3 is 5.32 Å². The van der Waals surface area contributed by atoms with E-state index in [9.17, 15) is 14.4 Å². The lowest BCUT2D eigenvalue weighted by Crippen LogP contribution is -2.36. The Labute approximate surface area is 163 Å². The minimum absolute atomic E-state index is 0.0172. The van der Waals surface area contributed by atoms with Crippen LogP contribution < -0.4 is 15.8 Å². The summed E-state index contributed by atoms with van der Waals surface area (Å²) in [6.07, 6.45) is 0. The van der Waals surface area contributed by atoms with Gasteiger partial charge in [-0.05, 0) is 30.3 Å². The van der Waals surface area contributed by atoms with Gasteiger partial charge >= 0.3 is 0 Å². The summed E-state index contributed by atoms with van der Waals surface area (Å²) in [6.45, 7) is 1.15. The monoisotopic (exact) mass is 428 g/mol. The van der Waals surface area contributed by atoms with Gasteiger partial charge in [-0.2, -0.15) is 0 Å². The maximum absolute atomic E-state index is 12.9. The number of nitrogens with zero attached hydrogens (tertiary/aromatic N) is 3. The molecule has 1 aromatic heterocycles. The topological polar surface area (TPSA) is 84.3 Å². The van der Waals surface area contributed by atoms with Crippen LogP contribution in [0.4, 0.5) is 11.5 Å². The SMILES string of the molecule is CC(=O)N(C)c1nc2ccccc2n(CC(=O)Nc2cccc(Br)c2)c1=O. The van der Waals surface area contributed by atoms with E-state index >= 15 is 0 Å². The van der Waals surface area contributed by atoms with Crippen LogP contribution in [-0.4, -0.2) is 28.4 Å². The van der Waals surface area contributed by atoms with Crippen molar-refractivity contribution in [3.05, 3.63) is 63.4 Å². The molecular weight excluding hydrogens is 412 g/mol.